The first-order valence-corrected chi connectivity index (χ1v) is 6.65. The largest absolute Gasteiger partial charge is 0.469 e. The molecule has 2 heteroatoms. The molecule has 0 radical (unpaired) electrons. The minimum atomic E-state index is 0.968. The highest BCUT2D eigenvalue weighted by Crippen LogP contribution is 2.47. The number of hydrogen-bond acceptors (Lipinski definition) is 2. The lowest BCUT2D eigenvalue weighted by Gasteiger charge is -2.21. The molecule has 3 atom stereocenters. The lowest BCUT2D eigenvalue weighted by molar-refractivity contribution is 0.318. The summed E-state index contributed by atoms with van der Waals surface area (Å²) in [4.78, 5) is 0. The predicted octanol–water partition coefficient (Wildman–Crippen LogP) is 2.85. The van der Waals surface area contributed by atoms with E-state index >= 15 is 0 Å². The number of rotatable bonds is 5. The van der Waals surface area contributed by atoms with Gasteiger partial charge in [0, 0.05) is 13.0 Å². The Morgan fingerprint density at radius 2 is 2.31 bits per heavy atom. The Labute approximate surface area is 97.4 Å². The van der Waals surface area contributed by atoms with E-state index in [4.69, 9.17) is 4.42 Å². The summed E-state index contributed by atoms with van der Waals surface area (Å²) in [5, 5.41) is 3.59. The van der Waals surface area contributed by atoms with Crippen molar-refractivity contribution >= 4 is 0 Å². The zero-order valence-electron chi connectivity index (χ0n) is 9.82. The first-order chi connectivity index (χ1) is 7.92. The second kappa shape index (κ2) is 4.62. The Morgan fingerprint density at radius 1 is 1.31 bits per heavy atom. The van der Waals surface area contributed by atoms with Gasteiger partial charge in [0.1, 0.15) is 5.76 Å². The number of nitrogens with one attached hydrogen (secondary N) is 1. The Kier molecular flexibility index (Phi) is 3.00. The first-order valence-electron chi connectivity index (χ1n) is 6.65. The number of hydrogen-bond donors (Lipinski definition) is 1. The van der Waals surface area contributed by atoms with Gasteiger partial charge in [-0.05, 0) is 55.7 Å². The molecule has 16 heavy (non-hydrogen) atoms. The summed E-state index contributed by atoms with van der Waals surface area (Å²) in [6.45, 7) is 2.28. The summed E-state index contributed by atoms with van der Waals surface area (Å²) in [6.07, 6.45) is 8.78. The van der Waals surface area contributed by atoms with Gasteiger partial charge < -0.3 is 9.73 Å². The van der Waals surface area contributed by atoms with Gasteiger partial charge in [-0.3, -0.25) is 0 Å². The normalized spacial score (nSPS) is 32.4. The summed E-state index contributed by atoms with van der Waals surface area (Å²) >= 11 is 0. The quantitative estimate of drug-likeness (QED) is 0.770. The smallest absolute Gasteiger partial charge is 0.105 e. The maximum Gasteiger partial charge on any atom is 0.105 e. The van der Waals surface area contributed by atoms with Crippen LogP contribution in [-0.4, -0.2) is 13.1 Å². The van der Waals surface area contributed by atoms with Crippen molar-refractivity contribution in [3.8, 4) is 0 Å². The average Bonchev–Trinajstić information content (AvgIpc) is 3.01. The third kappa shape index (κ3) is 2.17. The van der Waals surface area contributed by atoms with Crippen LogP contribution >= 0.6 is 0 Å². The number of fused-ring (bicyclic) bond motifs is 2. The van der Waals surface area contributed by atoms with E-state index in [9.17, 15) is 0 Å². The van der Waals surface area contributed by atoms with Crippen LogP contribution in [-0.2, 0) is 6.42 Å². The summed E-state index contributed by atoms with van der Waals surface area (Å²) in [6, 6.07) is 4.02. The van der Waals surface area contributed by atoms with Crippen molar-refractivity contribution < 1.29 is 4.42 Å². The van der Waals surface area contributed by atoms with Crippen molar-refractivity contribution in [3.05, 3.63) is 24.2 Å². The van der Waals surface area contributed by atoms with Crippen LogP contribution in [0.25, 0.3) is 0 Å². The molecule has 0 aliphatic heterocycles. The molecule has 88 valence electrons. The van der Waals surface area contributed by atoms with E-state index in [0.29, 0.717) is 0 Å². The molecule has 2 fully saturated rings. The molecule has 3 rings (SSSR count). The van der Waals surface area contributed by atoms with Crippen LogP contribution in [0.15, 0.2) is 22.8 Å². The highest BCUT2D eigenvalue weighted by atomic mass is 16.3. The Bertz CT molecular complexity index is 319. The molecule has 1 aromatic heterocycles. The van der Waals surface area contributed by atoms with Crippen LogP contribution < -0.4 is 5.32 Å². The fourth-order valence-corrected chi connectivity index (χ4v) is 3.58. The van der Waals surface area contributed by atoms with Crippen molar-refractivity contribution in [1.82, 2.24) is 5.32 Å². The molecule has 2 nitrogen and oxygen atoms in total. The first kappa shape index (κ1) is 10.4. The maximum atomic E-state index is 5.31. The van der Waals surface area contributed by atoms with Crippen molar-refractivity contribution in [2.75, 3.05) is 13.1 Å². The summed E-state index contributed by atoms with van der Waals surface area (Å²) in [5.74, 6) is 4.18. The molecule has 0 spiro atoms. The Hall–Kier alpha value is -0.760. The van der Waals surface area contributed by atoms with Gasteiger partial charge in [0.25, 0.3) is 0 Å². The Morgan fingerprint density at radius 3 is 3.00 bits per heavy atom. The standard InChI is InChI=1S/C14H21NO/c1-2-14(16-7-1)5-6-15-10-13-9-11-3-4-12(13)8-11/h1-2,7,11-13,15H,3-6,8-10H2. The predicted molar refractivity (Wildman–Crippen MR) is 64.2 cm³/mol. The van der Waals surface area contributed by atoms with Crippen LogP contribution in [0, 0.1) is 17.8 Å². The molecule has 2 aliphatic carbocycles. The molecular weight excluding hydrogens is 198 g/mol. The van der Waals surface area contributed by atoms with E-state index in [1.165, 1.54) is 32.2 Å². The molecule has 0 aromatic carbocycles. The second-order valence-corrected chi connectivity index (χ2v) is 5.47. The lowest BCUT2D eigenvalue weighted by atomic mass is 9.89. The molecule has 0 amide bonds. The molecule has 1 heterocycles. The van der Waals surface area contributed by atoms with Crippen molar-refractivity contribution in [2.24, 2.45) is 17.8 Å². The van der Waals surface area contributed by atoms with E-state index in [2.05, 4.69) is 11.4 Å². The van der Waals surface area contributed by atoms with E-state index in [0.717, 1.165) is 36.5 Å². The van der Waals surface area contributed by atoms with Crippen LogP contribution in [0.1, 0.15) is 31.4 Å². The van der Waals surface area contributed by atoms with E-state index < -0.39 is 0 Å². The van der Waals surface area contributed by atoms with Crippen LogP contribution in [0.5, 0.6) is 0 Å². The van der Waals surface area contributed by atoms with Gasteiger partial charge in [-0.15, -0.1) is 0 Å². The molecular formula is C14H21NO. The average molecular weight is 219 g/mol. The van der Waals surface area contributed by atoms with E-state index in [-0.39, 0.29) is 0 Å². The minimum Gasteiger partial charge on any atom is -0.469 e. The van der Waals surface area contributed by atoms with Crippen LogP contribution in [0.2, 0.25) is 0 Å². The topological polar surface area (TPSA) is 25.2 Å². The van der Waals surface area contributed by atoms with Gasteiger partial charge in [-0.25, -0.2) is 0 Å². The van der Waals surface area contributed by atoms with Gasteiger partial charge in [0.2, 0.25) is 0 Å². The number of furan rings is 1. The molecule has 0 saturated heterocycles. The SMILES string of the molecule is c1coc(CCNCC2CC3CCC2C3)c1. The fourth-order valence-electron chi connectivity index (χ4n) is 3.58. The molecule has 1 aromatic rings. The van der Waals surface area contributed by atoms with Gasteiger partial charge in [0.05, 0.1) is 6.26 Å². The highest BCUT2D eigenvalue weighted by molar-refractivity contribution is 4.98. The zero-order valence-corrected chi connectivity index (χ0v) is 9.82. The van der Waals surface area contributed by atoms with E-state index in [1.807, 2.05) is 6.07 Å². The van der Waals surface area contributed by atoms with Crippen LogP contribution in [0.3, 0.4) is 0 Å². The summed E-state index contributed by atoms with van der Waals surface area (Å²) < 4.78 is 5.31. The summed E-state index contributed by atoms with van der Waals surface area (Å²) in [7, 11) is 0. The molecule has 2 saturated carbocycles. The molecule has 1 N–H and O–H groups in total. The molecule has 2 aliphatic rings. The van der Waals surface area contributed by atoms with Crippen LogP contribution in [0.4, 0.5) is 0 Å². The van der Waals surface area contributed by atoms with Crippen molar-refractivity contribution in [2.45, 2.75) is 32.1 Å². The fraction of sp³-hybridized carbons (Fsp3) is 0.714. The molecule has 3 unspecified atom stereocenters. The zero-order chi connectivity index (χ0) is 10.8. The molecule has 2 bridgehead atoms. The second-order valence-electron chi connectivity index (χ2n) is 5.47. The van der Waals surface area contributed by atoms with Gasteiger partial charge in [-0.2, -0.15) is 0 Å². The maximum absolute atomic E-state index is 5.31. The summed E-state index contributed by atoms with van der Waals surface area (Å²) in [5.41, 5.74) is 0. The van der Waals surface area contributed by atoms with E-state index in [1.54, 1.807) is 6.26 Å². The third-order valence-corrected chi connectivity index (χ3v) is 4.42. The Balaban J connectivity index is 1.35. The lowest BCUT2D eigenvalue weighted by Crippen LogP contribution is -2.28. The van der Waals surface area contributed by atoms with Gasteiger partial charge in [-0.1, -0.05) is 6.42 Å². The van der Waals surface area contributed by atoms with Gasteiger partial charge >= 0.3 is 0 Å². The minimum absolute atomic E-state index is 0.968. The highest BCUT2D eigenvalue weighted by Gasteiger charge is 2.38. The van der Waals surface area contributed by atoms with Gasteiger partial charge in [0.15, 0.2) is 0 Å². The third-order valence-electron chi connectivity index (χ3n) is 4.42. The van der Waals surface area contributed by atoms with Crippen molar-refractivity contribution in [3.63, 3.8) is 0 Å². The van der Waals surface area contributed by atoms with Crippen molar-refractivity contribution in [1.29, 1.82) is 0 Å². The monoisotopic (exact) mass is 219 g/mol.